The standard InChI is InChI=1S/C19H23ClN4O4/c1-28-18(26)15-14(10-24-7-5-11(6-8-24)17(21)25)22-19(27)23-16(15)12-3-2-4-13(20)9-12/h2-4,9,11,16H,5-8,10H2,1H3,(H2,21,25)(H2,22,23,27)/t16-/m1/s1. The molecular formula is C19H23ClN4O4. The van der Waals surface area contributed by atoms with Crippen LogP contribution in [0.3, 0.4) is 0 Å². The highest BCUT2D eigenvalue weighted by Crippen LogP contribution is 2.30. The second-order valence-corrected chi connectivity index (χ2v) is 7.36. The molecule has 0 unspecified atom stereocenters. The normalized spacial score (nSPS) is 21.1. The molecule has 0 radical (unpaired) electrons. The zero-order valence-electron chi connectivity index (χ0n) is 15.5. The van der Waals surface area contributed by atoms with Crippen molar-refractivity contribution in [3.63, 3.8) is 0 Å². The molecule has 8 nitrogen and oxygen atoms in total. The minimum absolute atomic E-state index is 0.132. The van der Waals surface area contributed by atoms with Gasteiger partial charge in [-0.05, 0) is 43.6 Å². The fourth-order valence-corrected chi connectivity index (χ4v) is 3.83. The van der Waals surface area contributed by atoms with Crippen LogP contribution in [0.25, 0.3) is 0 Å². The highest BCUT2D eigenvalue weighted by atomic mass is 35.5. The fourth-order valence-electron chi connectivity index (χ4n) is 3.63. The van der Waals surface area contributed by atoms with E-state index < -0.39 is 18.0 Å². The van der Waals surface area contributed by atoms with Crippen molar-refractivity contribution in [2.75, 3.05) is 26.7 Å². The number of piperidine rings is 1. The summed E-state index contributed by atoms with van der Waals surface area (Å²) in [4.78, 5) is 38.3. The van der Waals surface area contributed by atoms with Gasteiger partial charge in [-0.1, -0.05) is 23.7 Å². The first kappa shape index (κ1) is 20.2. The molecule has 3 amide bonds. The summed E-state index contributed by atoms with van der Waals surface area (Å²) >= 11 is 6.09. The van der Waals surface area contributed by atoms with Crippen molar-refractivity contribution in [2.45, 2.75) is 18.9 Å². The molecule has 150 valence electrons. The molecule has 2 aliphatic rings. The Hall–Kier alpha value is -2.58. The van der Waals surface area contributed by atoms with Crippen molar-refractivity contribution in [1.82, 2.24) is 15.5 Å². The molecule has 0 aromatic heterocycles. The number of ether oxygens (including phenoxy) is 1. The van der Waals surface area contributed by atoms with Crippen molar-refractivity contribution in [3.05, 3.63) is 46.1 Å². The quantitative estimate of drug-likeness (QED) is 0.638. The van der Waals surface area contributed by atoms with Crippen LogP contribution in [0, 0.1) is 5.92 Å². The lowest BCUT2D eigenvalue weighted by molar-refractivity contribution is -0.136. The Morgan fingerprint density at radius 1 is 1.32 bits per heavy atom. The van der Waals surface area contributed by atoms with E-state index in [1.807, 2.05) is 0 Å². The third-order valence-electron chi connectivity index (χ3n) is 5.11. The average Bonchev–Trinajstić information content (AvgIpc) is 2.67. The van der Waals surface area contributed by atoms with Gasteiger partial charge < -0.3 is 21.1 Å². The maximum absolute atomic E-state index is 12.6. The first-order valence-corrected chi connectivity index (χ1v) is 9.43. The van der Waals surface area contributed by atoms with Crippen molar-refractivity contribution in [1.29, 1.82) is 0 Å². The summed E-state index contributed by atoms with van der Waals surface area (Å²) < 4.78 is 4.97. The summed E-state index contributed by atoms with van der Waals surface area (Å²) in [5.41, 5.74) is 6.89. The molecule has 1 aromatic carbocycles. The number of urea groups is 1. The smallest absolute Gasteiger partial charge is 0.338 e. The van der Waals surface area contributed by atoms with Gasteiger partial charge in [0.25, 0.3) is 0 Å². The summed E-state index contributed by atoms with van der Waals surface area (Å²) in [6.07, 6.45) is 1.31. The van der Waals surface area contributed by atoms with Gasteiger partial charge in [-0.2, -0.15) is 0 Å². The van der Waals surface area contributed by atoms with Crippen LogP contribution in [-0.4, -0.2) is 49.6 Å². The van der Waals surface area contributed by atoms with E-state index in [1.165, 1.54) is 7.11 Å². The summed E-state index contributed by atoms with van der Waals surface area (Å²) in [6, 6.07) is 5.91. The molecule has 2 heterocycles. The van der Waals surface area contributed by atoms with E-state index in [0.29, 0.717) is 54.3 Å². The van der Waals surface area contributed by atoms with Crippen LogP contribution in [0.2, 0.25) is 5.02 Å². The molecule has 1 saturated heterocycles. The lowest BCUT2D eigenvalue weighted by Gasteiger charge is -2.34. The van der Waals surface area contributed by atoms with E-state index in [9.17, 15) is 14.4 Å². The minimum Gasteiger partial charge on any atom is -0.466 e. The summed E-state index contributed by atoms with van der Waals surface area (Å²) in [5.74, 6) is -0.947. The molecule has 0 saturated carbocycles. The number of esters is 1. The first-order chi connectivity index (χ1) is 13.4. The lowest BCUT2D eigenvalue weighted by Crippen LogP contribution is -2.49. The van der Waals surface area contributed by atoms with Crippen LogP contribution in [0.5, 0.6) is 0 Å². The number of nitrogens with two attached hydrogens (primary N) is 1. The van der Waals surface area contributed by atoms with Crippen LogP contribution < -0.4 is 16.4 Å². The van der Waals surface area contributed by atoms with Crippen LogP contribution >= 0.6 is 11.6 Å². The SMILES string of the molecule is COC(=O)C1=C(CN2CCC(C(N)=O)CC2)NC(=O)N[C@@H]1c1cccc(Cl)c1. The largest absolute Gasteiger partial charge is 0.466 e. The average molecular weight is 407 g/mol. The van der Waals surface area contributed by atoms with Crippen molar-refractivity contribution >= 4 is 29.5 Å². The van der Waals surface area contributed by atoms with Crippen LogP contribution in [0.1, 0.15) is 24.4 Å². The zero-order valence-corrected chi connectivity index (χ0v) is 16.3. The number of carbonyl (C=O) groups is 3. The number of rotatable bonds is 5. The molecular weight excluding hydrogens is 384 g/mol. The van der Waals surface area contributed by atoms with E-state index in [4.69, 9.17) is 22.1 Å². The highest BCUT2D eigenvalue weighted by Gasteiger charge is 2.34. The van der Waals surface area contributed by atoms with Gasteiger partial charge in [-0.3, -0.25) is 9.69 Å². The monoisotopic (exact) mass is 406 g/mol. The summed E-state index contributed by atoms with van der Waals surface area (Å²) in [6.45, 7) is 1.66. The second-order valence-electron chi connectivity index (χ2n) is 6.92. The number of primary amides is 1. The Balaban J connectivity index is 1.89. The van der Waals surface area contributed by atoms with Crippen molar-refractivity contribution in [3.8, 4) is 0 Å². The highest BCUT2D eigenvalue weighted by molar-refractivity contribution is 6.30. The number of hydrogen-bond donors (Lipinski definition) is 3. The van der Waals surface area contributed by atoms with Gasteiger partial charge in [0.2, 0.25) is 5.91 Å². The molecule has 0 bridgehead atoms. The molecule has 4 N–H and O–H groups in total. The van der Waals surface area contributed by atoms with Crippen molar-refractivity contribution in [2.24, 2.45) is 11.7 Å². The topological polar surface area (TPSA) is 114 Å². The molecule has 2 aliphatic heterocycles. The van der Waals surface area contributed by atoms with Gasteiger partial charge >= 0.3 is 12.0 Å². The van der Waals surface area contributed by atoms with E-state index >= 15 is 0 Å². The second kappa shape index (κ2) is 8.62. The van der Waals surface area contributed by atoms with Crippen LogP contribution in [0.15, 0.2) is 35.5 Å². The fraction of sp³-hybridized carbons (Fsp3) is 0.421. The zero-order chi connectivity index (χ0) is 20.3. The number of halogens is 1. The number of nitrogens with zero attached hydrogens (tertiary/aromatic N) is 1. The molecule has 9 heteroatoms. The molecule has 0 aliphatic carbocycles. The number of carbonyl (C=O) groups excluding carboxylic acids is 3. The third kappa shape index (κ3) is 4.45. The number of amides is 3. The predicted octanol–water partition coefficient (Wildman–Crippen LogP) is 1.32. The summed E-state index contributed by atoms with van der Waals surface area (Å²) in [5, 5.41) is 6.01. The van der Waals surface area contributed by atoms with Gasteiger partial charge in [-0.25, -0.2) is 9.59 Å². The number of nitrogens with one attached hydrogen (secondary N) is 2. The van der Waals surface area contributed by atoms with Crippen LogP contribution in [0.4, 0.5) is 4.79 Å². The Morgan fingerprint density at radius 3 is 2.64 bits per heavy atom. The molecule has 0 spiro atoms. The van der Waals surface area contributed by atoms with Gasteiger partial charge in [-0.15, -0.1) is 0 Å². The lowest BCUT2D eigenvalue weighted by atomic mass is 9.93. The molecule has 1 fully saturated rings. The predicted molar refractivity (Wildman–Crippen MR) is 103 cm³/mol. The Bertz CT molecular complexity index is 818. The Morgan fingerprint density at radius 2 is 2.04 bits per heavy atom. The third-order valence-corrected chi connectivity index (χ3v) is 5.35. The Kier molecular flexibility index (Phi) is 6.21. The molecule has 3 rings (SSSR count). The number of benzene rings is 1. The van der Waals surface area contributed by atoms with Gasteiger partial charge in [0.15, 0.2) is 0 Å². The van der Waals surface area contributed by atoms with Gasteiger partial charge in [0.1, 0.15) is 0 Å². The molecule has 1 atom stereocenters. The number of likely N-dealkylation sites (tertiary alicyclic amines) is 1. The maximum Gasteiger partial charge on any atom is 0.338 e. The number of methoxy groups -OCH3 is 1. The van der Waals surface area contributed by atoms with E-state index in [-0.39, 0.29) is 11.8 Å². The van der Waals surface area contributed by atoms with Crippen LogP contribution in [-0.2, 0) is 14.3 Å². The van der Waals surface area contributed by atoms with E-state index in [2.05, 4.69) is 15.5 Å². The van der Waals surface area contributed by atoms with E-state index in [1.54, 1.807) is 24.3 Å². The first-order valence-electron chi connectivity index (χ1n) is 9.05. The summed E-state index contributed by atoms with van der Waals surface area (Å²) in [7, 11) is 1.30. The minimum atomic E-state index is -0.668. The van der Waals surface area contributed by atoms with E-state index in [0.717, 1.165) is 0 Å². The maximum atomic E-state index is 12.6. The number of hydrogen-bond acceptors (Lipinski definition) is 5. The molecule has 1 aromatic rings. The van der Waals surface area contributed by atoms with Gasteiger partial charge in [0, 0.05) is 23.2 Å². The Labute approximate surface area is 168 Å². The van der Waals surface area contributed by atoms with Crippen molar-refractivity contribution < 1.29 is 19.1 Å². The van der Waals surface area contributed by atoms with Gasteiger partial charge in [0.05, 0.1) is 18.7 Å². The molecule has 28 heavy (non-hydrogen) atoms.